The Bertz CT molecular complexity index is 524. The monoisotopic (exact) mass is 318 g/mol. The normalized spacial score (nSPS) is 20.9. The summed E-state index contributed by atoms with van der Waals surface area (Å²) in [5.41, 5.74) is 0. The van der Waals surface area contributed by atoms with Crippen molar-refractivity contribution < 1.29 is 9.53 Å². The molecule has 0 aromatic heterocycles. The Morgan fingerprint density at radius 3 is 2.77 bits per heavy atom. The minimum absolute atomic E-state index is 0.00687. The quantitative estimate of drug-likeness (QED) is 0.646. The van der Waals surface area contributed by atoms with Crippen LogP contribution in [-0.2, 0) is 4.79 Å². The molecule has 2 unspecified atom stereocenters. The Balaban J connectivity index is 1.90. The molecule has 0 radical (unpaired) electrons. The van der Waals surface area contributed by atoms with Crippen molar-refractivity contribution in [3.8, 4) is 11.8 Å². The van der Waals surface area contributed by atoms with Crippen molar-refractivity contribution in [3.63, 3.8) is 0 Å². The molecule has 0 saturated heterocycles. The number of hydrogen-bond acceptors (Lipinski definition) is 4. The van der Waals surface area contributed by atoms with E-state index in [1.807, 2.05) is 36.6 Å². The second kappa shape index (κ2) is 8.70. The van der Waals surface area contributed by atoms with Gasteiger partial charge in [-0.05, 0) is 43.4 Å². The summed E-state index contributed by atoms with van der Waals surface area (Å²) in [6.07, 6.45) is 6.15. The maximum absolute atomic E-state index is 12.1. The van der Waals surface area contributed by atoms with Crippen LogP contribution in [0.25, 0.3) is 0 Å². The molecule has 4 nitrogen and oxygen atoms in total. The molecule has 2 rings (SSSR count). The zero-order valence-corrected chi connectivity index (χ0v) is 13.7. The Labute approximate surface area is 136 Å². The molecule has 1 aliphatic rings. The number of benzene rings is 1. The molecule has 1 aromatic rings. The summed E-state index contributed by atoms with van der Waals surface area (Å²) in [6.45, 7) is 0.641. The van der Waals surface area contributed by atoms with Crippen LogP contribution >= 0.6 is 11.8 Å². The zero-order chi connectivity index (χ0) is 15.8. The van der Waals surface area contributed by atoms with Gasteiger partial charge in [0.2, 0.25) is 5.91 Å². The average molecular weight is 318 g/mol. The number of amides is 1. The maximum Gasteiger partial charge on any atom is 0.224 e. The van der Waals surface area contributed by atoms with Gasteiger partial charge in [0.25, 0.3) is 0 Å². The third kappa shape index (κ3) is 4.67. The number of carbonyl (C=O) groups excluding carboxylic acids is 1. The first-order chi connectivity index (χ1) is 10.7. The van der Waals surface area contributed by atoms with Gasteiger partial charge in [-0.2, -0.15) is 5.26 Å². The van der Waals surface area contributed by atoms with Crippen molar-refractivity contribution in [3.05, 3.63) is 24.3 Å². The van der Waals surface area contributed by atoms with E-state index in [4.69, 9.17) is 10.00 Å². The van der Waals surface area contributed by atoms with E-state index < -0.39 is 0 Å². The molecule has 1 fully saturated rings. The van der Waals surface area contributed by atoms with Crippen molar-refractivity contribution >= 4 is 17.7 Å². The number of carbonyl (C=O) groups is 1. The predicted molar refractivity (Wildman–Crippen MR) is 87.8 cm³/mol. The van der Waals surface area contributed by atoms with Crippen LogP contribution in [-0.4, -0.2) is 25.3 Å². The second-order valence-electron chi connectivity index (χ2n) is 5.51. The molecule has 0 aliphatic heterocycles. The zero-order valence-electron chi connectivity index (χ0n) is 12.9. The summed E-state index contributed by atoms with van der Waals surface area (Å²) in [5, 5.41) is 11.3. The first-order valence-electron chi connectivity index (χ1n) is 7.66. The minimum Gasteiger partial charge on any atom is -0.493 e. The van der Waals surface area contributed by atoms with Gasteiger partial charge in [0.05, 0.1) is 12.7 Å². The number of ether oxygens (including phenoxy) is 1. The molecule has 0 bridgehead atoms. The summed E-state index contributed by atoms with van der Waals surface area (Å²) in [4.78, 5) is 13.3. The van der Waals surface area contributed by atoms with E-state index in [-0.39, 0.29) is 24.3 Å². The lowest BCUT2D eigenvalue weighted by atomic mass is 9.79. The SMILES string of the molecule is CSc1ccc(OCC2CCCCC2C(=O)NCC#N)cc1. The van der Waals surface area contributed by atoms with E-state index in [1.54, 1.807) is 11.8 Å². The van der Waals surface area contributed by atoms with Gasteiger partial charge >= 0.3 is 0 Å². The molecule has 0 heterocycles. The van der Waals surface area contributed by atoms with Gasteiger partial charge in [-0.1, -0.05) is 12.8 Å². The fourth-order valence-electron chi connectivity index (χ4n) is 2.89. The van der Waals surface area contributed by atoms with Crippen molar-refractivity contribution in [1.82, 2.24) is 5.32 Å². The highest BCUT2D eigenvalue weighted by atomic mass is 32.2. The number of thioether (sulfide) groups is 1. The van der Waals surface area contributed by atoms with Crippen LogP contribution in [0.1, 0.15) is 25.7 Å². The summed E-state index contributed by atoms with van der Waals surface area (Å²) < 4.78 is 5.88. The van der Waals surface area contributed by atoms with Crippen molar-refractivity contribution in [2.75, 3.05) is 19.4 Å². The van der Waals surface area contributed by atoms with Gasteiger partial charge in [0.15, 0.2) is 0 Å². The fraction of sp³-hybridized carbons (Fsp3) is 0.529. The number of nitrogens with zero attached hydrogens (tertiary/aromatic N) is 1. The molecule has 1 amide bonds. The molecule has 1 saturated carbocycles. The lowest BCUT2D eigenvalue weighted by Crippen LogP contribution is -2.39. The summed E-state index contributed by atoms with van der Waals surface area (Å²) in [6, 6.07) is 9.98. The molecular weight excluding hydrogens is 296 g/mol. The van der Waals surface area contributed by atoms with E-state index in [1.165, 1.54) is 4.90 Å². The number of nitrogens with one attached hydrogen (secondary N) is 1. The van der Waals surface area contributed by atoms with Gasteiger partial charge in [0.1, 0.15) is 12.3 Å². The molecular formula is C17H22N2O2S. The molecule has 118 valence electrons. The Morgan fingerprint density at radius 1 is 1.36 bits per heavy atom. The predicted octanol–water partition coefficient (Wildman–Crippen LogP) is 3.23. The van der Waals surface area contributed by atoms with Crippen LogP contribution in [0.3, 0.4) is 0 Å². The molecule has 0 spiro atoms. The van der Waals surface area contributed by atoms with Gasteiger partial charge < -0.3 is 10.1 Å². The van der Waals surface area contributed by atoms with Crippen molar-refractivity contribution in [2.24, 2.45) is 11.8 Å². The minimum atomic E-state index is -0.0347. The number of hydrogen-bond donors (Lipinski definition) is 1. The molecule has 22 heavy (non-hydrogen) atoms. The highest BCUT2D eigenvalue weighted by Gasteiger charge is 2.31. The molecule has 2 atom stereocenters. The van der Waals surface area contributed by atoms with E-state index in [9.17, 15) is 4.79 Å². The van der Waals surface area contributed by atoms with Crippen LogP contribution in [0.5, 0.6) is 5.75 Å². The van der Waals surface area contributed by atoms with Crippen LogP contribution in [0.2, 0.25) is 0 Å². The fourth-order valence-corrected chi connectivity index (χ4v) is 3.29. The number of rotatable bonds is 6. The van der Waals surface area contributed by atoms with Crippen molar-refractivity contribution in [2.45, 2.75) is 30.6 Å². The average Bonchev–Trinajstić information content (AvgIpc) is 2.58. The number of nitriles is 1. The van der Waals surface area contributed by atoms with Crippen LogP contribution in [0, 0.1) is 23.2 Å². The van der Waals surface area contributed by atoms with Crippen LogP contribution < -0.4 is 10.1 Å². The highest BCUT2D eigenvalue weighted by molar-refractivity contribution is 7.98. The van der Waals surface area contributed by atoms with Crippen LogP contribution in [0.15, 0.2) is 29.2 Å². The second-order valence-corrected chi connectivity index (χ2v) is 6.39. The van der Waals surface area contributed by atoms with Gasteiger partial charge in [-0.3, -0.25) is 4.79 Å². The smallest absolute Gasteiger partial charge is 0.224 e. The first-order valence-corrected chi connectivity index (χ1v) is 8.88. The lowest BCUT2D eigenvalue weighted by molar-refractivity contribution is -0.128. The van der Waals surface area contributed by atoms with E-state index in [0.717, 1.165) is 31.4 Å². The van der Waals surface area contributed by atoms with Crippen LogP contribution in [0.4, 0.5) is 0 Å². The molecule has 1 aromatic carbocycles. The largest absolute Gasteiger partial charge is 0.493 e. The Hall–Kier alpha value is -1.67. The molecule has 1 N–H and O–H groups in total. The Morgan fingerprint density at radius 2 is 2.09 bits per heavy atom. The van der Waals surface area contributed by atoms with E-state index in [0.29, 0.717) is 6.61 Å². The van der Waals surface area contributed by atoms with Gasteiger partial charge in [0, 0.05) is 16.7 Å². The third-order valence-corrected chi connectivity index (χ3v) is 4.85. The van der Waals surface area contributed by atoms with Gasteiger partial charge in [-0.25, -0.2) is 0 Å². The topological polar surface area (TPSA) is 62.1 Å². The lowest BCUT2D eigenvalue weighted by Gasteiger charge is -2.30. The van der Waals surface area contributed by atoms with Crippen molar-refractivity contribution in [1.29, 1.82) is 5.26 Å². The molecule has 1 aliphatic carbocycles. The first kappa shape index (κ1) is 16.7. The molecule has 5 heteroatoms. The van der Waals surface area contributed by atoms with E-state index in [2.05, 4.69) is 5.32 Å². The Kier molecular flexibility index (Phi) is 6.60. The maximum atomic E-state index is 12.1. The summed E-state index contributed by atoms with van der Waals surface area (Å²) >= 11 is 1.70. The standard InChI is InChI=1S/C17H22N2O2S/c1-22-15-8-6-14(7-9-15)21-12-13-4-2-3-5-16(13)17(20)19-11-10-18/h6-9,13,16H,2-5,11-12H2,1H3,(H,19,20). The summed E-state index contributed by atoms with van der Waals surface area (Å²) in [5.74, 6) is 1.03. The highest BCUT2D eigenvalue weighted by Crippen LogP contribution is 2.31. The van der Waals surface area contributed by atoms with Gasteiger partial charge in [-0.15, -0.1) is 11.8 Å². The third-order valence-electron chi connectivity index (χ3n) is 4.11. The van der Waals surface area contributed by atoms with E-state index >= 15 is 0 Å². The summed E-state index contributed by atoms with van der Waals surface area (Å²) in [7, 11) is 0.